The van der Waals surface area contributed by atoms with E-state index in [4.69, 9.17) is 29.0 Å². The van der Waals surface area contributed by atoms with Crippen LogP contribution in [0.4, 0.5) is 33.6 Å². The maximum atomic E-state index is 12.5. The molecule has 0 radical (unpaired) electrons. The van der Waals surface area contributed by atoms with E-state index in [1.807, 2.05) is 6.07 Å². The molecule has 3 heterocycles. The molecule has 6 N–H and O–H groups in total. The van der Waals surface area contributed by atoms with Crippen molar-refractivity contribution in [1.82, 2.24) is 14.4 Å². The summed E-state index contributed by atoms with van der Waals surface area (Å²) in [6.45, 7) is 4.35. The number of aromatic nitrogens is 3. The molecule has 0 saturated carbocycles. The summed E-state index contributed by atoms with van der Waals surface area (Å²) < 4.78 is 200. The van der Waals surface area contributed by atoms with Gasteiger partial charge in [-0.2, -0.15) is 52.5 Å². The maximum Gasteiger partial charge on any atom is 0.425 e. The Bertz CT molecular complexity index is 4870. The standard InChI is InChI=1S/C44H37ClN10O17S7.O3S/c1-21-12-32(51-53-38-23(3)28(20-46)42-47-39-29(45)16-26(78(66,67)68)17-34(39)55(42)43(38)56)35(72-8-4-10-75(57,58)59)18-30(21)49-52-33-13-22(2)31(19-36(33)73-9-5-11-76(60,61)62)50-54-44-48-40-37(79(69,70)71)14-24-6-7-25(77(63,64)65)15-27(24)41(40)74-44;1-4(2)3/h6-7,12-19,56H,4-5,8-11H2,1-3H3,(H,57,58,59)(H,60,61,62)(H,63,64,65)(H,66,67,68)(H,69,70,71);. The molecule has 0 amide bonds. The fourth-order valence-corrected chi connectivity index (χ4v) is 12.8. The van der Waals surface area contributed by atoms with Gasteiger partial charge in [0.1, 0.15) is 39.0 Å². The van der Waals surface area contributed by atoms with Gasteiger partial charge in [-0.15, -0.1) is 50.0 Å². The fourth-order valence-electron chi connectivity index (χ4n) is 7.66. The molecule has 39 heteroatoms. The third kappa shape index (κ3) is 15.4. The lowest BCUT2D eigenvalue weighted by Gasteiger charge is -2.12. The first-order valence-corrected chi connectivity index (χ1v) is 33.3. The summed E-state index contributed by atoms with van der Waals surface area (Å²) in [6.07, 6.45) is -0.219. The van der Waals surface area contributed by atoms with Crippen LogP contribution in [0.15, 0.2) is 111 Å². The molecule has 8 rings (SSSR count). The average Bonchev–Trinajstić information content (AvgIpc) is 3.35. The molecule has 0 unspecified atom stereocenters. The van der Waals surface area contributed by atoms with Gasteiger partial charge in [-0.3, -0.25) is 27.2 Å². The van der Waals surface area contributed by atoms with E-state index < -0.39 is 93.3 Å². The van der Waals surface area contributed by atoms with Crippen LogP contribution >= 0.6 is 34.7 Å². The van der Waals surface area contributed by atoms with Crippen molar-refractivity contribution in [3.05, 3.63) is 87.9 Å². The highest BCUT2D eigenvalue weighted by molar-refractivity contribution is 7.99. The number of benzene rings is 5. The quantitative estimate of drug-likeness (QED) is 0.0190. The van der Waals surface area contributed by atoms with Crippen LogP contribution in [0.5, 0.6) is 11.6 Å². The lowest BCUT2D eigenvalue weighted by molar-refractivity contribution is 0.317. The maximum absolute atomic E-state index is 12.5. The van der Waals surface area contributed by atoms with Crippen molar-refractivity contribution < 1.29 is 87.3 Å². The molecule has 0 atom stereocenters. The molecule has 30 nitrogen and oxygen atoms in total. The number of thioether (sulfide) groups is 1. The first-order chi connectivity index (χ1) is 38.5. The Balaban J connectivity index is 0.00000240. The zero-order valence-corrected chi connectivity index (χ0v) is 49.3. The second-order valence-corrected chi connectivity index (χ2v) is 27.5. The lowest BCUT2D eigenvalue weighted by Crippen LogP contribution is -2.08. The van der Waals surface area contributed by atoms with E-state index in [2.05, 4.69) is 40.7 Å². The second kappa shape index (κ2) is 24.6. The van der Waals surface area contributed by atoms with Crippen molar-refractivity contribution in [2.75, 3.05) is 23.9 Å². The molecular weight excluding hydrogens is 1280 g/mol. The molecule has 0 saturated heterocycles. The average molecular weight is 1320 g/mol. The summed E-state index contributed by atoms with van der Waals surface area (Å²) in [7, 11) is -26.2. The van der Waals surface area contributed by atoms with Crippen LogP contribution in [0.25, 0.3) is 37.7 Å². The summed E-state index contributed by atoms with van der Waals surface area (Å²) in [5.41, 5.74) is 0.424. The molecule has 0 aliphatic rings. The SMILES string of the molecule is Cc1cc(N=Nc2cc(OCCCS(=O)(=O)O)c(N=Nc3c(C)c(C#N)c4nc5c(Cl)cc(S(=O)(=O)O)cc5n4c3O)cc2C)c(SCCCS(=O)(=O)O)cc1N=Nc1nc2c(S(=O)(=O)O)cc3ccc(S(=O)(=O)O)cc3c2s1.O=S(=O)=O. The zero-order chi connectivity index (χ0) is 61.3. The summed E-state index contributed by atoms with van der Waals surface area (Å²) in [4.78, 5) is 7.20. The number of nitriles is 1. The van der Waals surface area contributed by atoms with Gasteiger partial charge in [0.05, 0.1) is 60.2 Å². The first-order valence-electron chi connectivity index (χ1n) is 22.6. The topological polar surface area (TPSA) is 481 Å². The van der Waals surface area contributed by atoms with Gasteiger partial charge in [-0.05, 0) is 104 Å². The van der Waals surface area contributed by atoms with E-state index in [1.165, 1.54) is 31.2 Å². The number of hydrogen-bond donors (Lipinski definition) is 6. The normalized spacial score (nSPS) is 12.8. The van der Waals surface area contributed by atoms with Crippen molar-refractivity contribution in [2.45, 2.75) is 53.2 Å². The largest absolute Gasteiger partial charge is 0.493 e. The number of thiazole rings is 1. The number of pyridine rings is 1. The third-order valence-electron chi connectivity index (χ3n) is 11.4. The number of rotatable bonds is 19. The number of azo groups is 3. The number of ether oxygens (including phenoxy) is 1. The molecular formula is C44H37ClN10O20S8. The fraction of sp³-hybridized carbons (Fsp3) is 0.205. The van der Waals surface area contributed by atoms with E-state index in [0.29, 0.717) is 16.0 Å². The Hall–Kier alpha value is -7.10. The Kier molecular flexibility index (Phi) is 18.8. The minimum Gasteiger partial charge on any atom is -0.493 e. The van der Waals surface area contributed by atoms with E-state index in [-0.39, 0.29) is 118 Å². The Labute approximate surface area is 484 Å². The van der Waals surface area contributed by atoms with Crippen LogP contribution in [0.2, 0.25) is 5.02 Å². The Morgan fingerprint density at radius 1 is 0.699 bits per heavy atom. The van der Waals surface area contributed by atoms with Gasteiger partial charge in [0.2, 0.25) is 11.0 Å². The molecule has 83 heavy (non-hydrogen) atoms. The number of fused-ring (bicyclic) bond motifs is 6. The van der Waals surface area contributed by atoms with Crippen LogP contribution in [0.1, 0.15) is 35.1 Å². The van der Waals surface area contributed by atoms with E-state index in [9.17, 15) is 75.2 Å². The van der Waals surface area contributed by atoms with Gasteiger partial charge in [0.25, 0.3) is 50.6 Å². The Morgan fingerprint density at radius 2 is 1.29 bits per heavy atom. The minimum atomic E-state index is -4.89. The van der Waals surface area contributed by atoms with Crippen molar-refractivity contribution in [2.24, 2.45) is 30.7 Å². The molecule has 3 aromatic heterocycles. The van der Waals surface area contributed by atoms with E-state index >= 15 is 0 Å². The van der Waals surface area contributed by atoms with Gasteiger partial charge in [0, 0.05) is 21.9 Å². The molecule has 438 valence electrons. The molecule has 5 aromatic carbocycles. The molecule has 0 aliphatic carbocycles. The number of halogens is 1. The minimum absolute atomic E-state index is 0.0154. The second-order valence-electron chi connectivity index (χ2n) is 17.2. The van der Waals surface area contributed by atoms with Crippen molar-refractivity contribution >= 4 is 167 Å². The van der Waals surface area contributed by atoms with Crippen molar-refractivity contribution in [3.8, 4) is 17.7 Å². The lowest BCUT2D eigenvalue weighted by atomic mass is 10.1. The molecule has 0 fully saturated rings. The Morgan fingerprint density at radius 3 is 1.90 bits per heavy atom. The van der Waals surface area contributed by atoms with Crippen molar-refractivity contribution in [3.63, 3.8) is 0 Å². The van der Waals surface area contributed by atoms with Gasteiger partial charge >= 0.3 is 10.6 Å². The van der Waals surface area contributed by atoms with E-state index in [1.54, 1.807) is 19.9 Å². The van der Waals surface area contributed by atoms with Crippen LogP contribution in [-0.4, -0.2) is 121 Å². The highest BCUT2D eigenvalue weighted by Gasteiger charge is 2.26. The van der Waals surface area contributed by atoms with Crippen LogP contribution < -0.4 is 4.74 Å². The number of imidazole rings is 1. The van der Waals surface area contributed by atoms with Crippen LogP contribution in [0, 0.1) is 32.1 Å². The van der Waals surface area contributed by atoms with E-state index in [0.717, 1.165) is 57.8 Å². The van der Waals surface area contributed by atoms with Gasteiger partial charge in [0.15, 0.2) is 11.3 Å². The zero-order valence-electron chi connectivity index (χ0n) is 42.0. The smallest absolute Gasteiger partial charge is 0.425 e. The molecule has 8 aromatic rings. The summed E-state index contributed by atoms with van der Waals surface area (Å²) >= 11 is 8.22. The van der Waals surface area contributed by atoms with Gasteiger partial charge < -0.3 is 9.84 Å². The number of hydrogen-bond acceptors (Lipinski definition) is 26. The van der Waals surface area contributed by atoms with Crippen LogP contribution in [0.3, 0.4) is 0 Å². The van der Waals surface area contributed by atoms with Crippen molar-refractivity contribution in [1.29, 1.82) is 5.26 Å². The summed E-state index contributed by atoms with van der Waals surface area (Å²) in [5.74, 6) is -1.89. The first kappa shape index (κ1) is 63.5. The monoisotopic (exact) mass is 1320 g/mol. The molecule has 0 bridgehead atoms. The predicted octanol–water partition coefficient (Wildman–Crippen LogP) is 9.42. The molecule has 0 spiro atoms. The summed E-state index contributed by atoms with van der Waals surface area (Å²) in [5, 5.41) is 47.8. The third-order valence-corrected chi connectivity index (χ3v) is 17.9. The van der Waals surface area contributed by atoms with Gasteiger partial charge in [-0.25, -0.2) is 9.97 Å². The number of aromatic hydroxyl groups is 1. The number of aryl methyl sites for hydroxylation is 2. The summed E-state index contributed by atoms with van der Waals surface area (Å²) in [6, 6.07) is 14.2. The highest BCUT2D eigenvalue weighted by atomic mass is 35.5. The predicted molar refractivity (Wildman–Crippen MR) is 298 cm³/mol. The highest BCUT2D eigenvalue weighted by Crippen LogP contribution is 2.45. The van der Waals surface area contributed by atoms with Crippen LogP contribution in [-0.2, 0) is 61.2 Å². The molecule has 0 aliphatic heterocycles. The number of nitrogens with zero attached hydrogens (tertiary/aromatic N) is 10. The van der Waals surface area contributed by atoms with Gasteiger partial charge in [-0.1, -0.05) is 29.0 Å².